The number of benzene rings is 1. The van der Waals surface area contributed by atoms with Gasteiger partial charge in [0.1, 0.15) is 6.61 Å². The Morgan fingerprint density at radius 2 is 2.10 bits per heavy atom. The molecule has 0 fully saturated rings. The first-order chi connectivity index (χ1) is 10.0. The standard InChI is InChI=1S/C13H16NO4S.Al.HI.H/c1-19-8-7-11(12(15)16)14-13(17)18-9-10-5-3-2-4-6-10;;;/h2-6H,7-9H2,1H3,(H,14,17)(H,15,16);;1H;/q;+1;;/p-1. The maximum Gasteiger partial charge on any atom is 0.407 e. The molecule has 1 aromatic carbocycles. The molecule has 5 nitrogen and oxygen atoms in total. The SMILES string of the molecule is CSCC[C@](NC(=O)OCc1ccccc1)([AlH][I])C(=O)O. The molecule has 1 amide bonds. The molecule has 1 atom stereocenters. The van der Waals surface area contributed by atoms with E-state index in [4.69, 9.17) is 4.74 Å². The Balaban J connectivity index is 2.61. The molecule has 1 rings (SSSR count). The second kappa shape index (κ2) is 9.56. The van der Waals surface area contributed by atoms with Crippen LogP contribution in [0.4, 0.5) is 4.79 Å². The number of hydrogen-bond donors (Lipinski definition) is 2. The number of alkyl carbamates (subject to hydrolysis) is 1. The first-order valence-electron chi connectivity index (χ1n) is 6.31. The average molecular weight is 437 g/mol. The summed E-state index contributed by atoms with van der Waals surface area (Å²) in [7, 11) is 0. The predicted octanol–water partition coefficient (Wildman–Crippen LogP) is 2.23. The number of ether oxygens (including phenoxy) is 1. The van der Waals surface area contributed by atoms with Crippen molar-refractivity contribution in [1.29, 1.82) is 0 Å². The summed E-state index contributed by atoms with van der Waals surface area (Å²) >= 11 is 2.65. The zero-order valence-electron chi connectivity index (χ0n) is 11.7. The van der Waals surface area contributed by atoms with Crippen LogP contribution in [-0.2, 0) is 16.1 Å². The monoisotopic (exact) mass is 437 g/mol. The van der Waals surface area contributed by atoms with Crippen molar-refractivity contribution in [2.75, 3.05) is 12.0 Å². The molecular formula is C13H17AlINO4S. The van der Waals surface area contributed by atoms with Gasteiger partial charge in [-0.2, -0.15) is 11.8 Å². The fourth-order valence-corrected chi connectivity index (χ4v) is 5.75. The molecule has 114 valence electrons. The van der Waals surface area contributed by atoms with Crippen LogP contribution in [0.15, 0.2) is 30.3 Å². The van der Waals surface area contributed by atoms with Gasteiger partial charge < -0.3 is 15.2 Å². The molecule has 2 N–H and O–H groups in total. The summed E-state index contributed by atoms with van der Waals surface area (Å²) in [5.41, 5.74) is 0.865. The first kappa shape index (κ1) is 18.6. The fourth-order valence-electron chi connectivity index (χ4n) is 1.61. The smallest absolute Gasteiger partial charge is 0.407 e. The van der Waals surface area contributed by atoms with E-state index in [9.17, 15) is 14.7 Å². The summed E-state index contributed by atoms with van der Waals surface area (Å²) in [5, 5.41) is 12.0. The van der Waals surface area contributed by atoms with E-state index in [-0.39, 0.29) is 6.61 Å². The molecule has 0 aromatic heterocycles. The minimum absolute atomic E-state index is 0.133. The molecule has 8 heteroatoms. The molecule has 0 saturated heterocycles. The molecule has 0 radical (unpaired) electrons. The normalized spacial score (nSPS) is 13.0. The second-order valence-electron chi connectivity index (χ2n) is 4.45. The van der Waals surface area contributed by atoms with Gasteiger partial charge in [0, 0.05) is 0 Å². The molecule has 0 aliphatic rings. The Kier molecular flexibility index (Phi) is 8.48. The lowest BCUT2D eigenvalue weighted by Crippen LogP contribution is -2.58. The van der Waals surface area contributed by atoms with Gasteiger partial charge >= 0.3 is 24.0 Å². The van der Waals surface area contributed by atoms with E-state index in [0.29, 0.717) is 12.2 Å². The number of carbonyl (C=O) groups is 2. The number of aliphatic carboxylic acids is 1. The van der Waals surface area contributed by atoms with E-state index >= 15 is 0 Å². The summed E-state index contributed by atoms with van der Waals surface area (Å²) in [6.45, 7) is 0.133. The second-order valence-corrected chi connectivity index (χ2v) is 9.20. The highest BCUT2D eigenvalue weighted by Crippen LogP contribution is 2.16. The summed E-state index contributed by atoms with van der Waals surface area (Å²) in [5.74, 6) is -0.296. The molecule has 0 bridgehead atoms. The highest BCUT2D eigenvalue weighted by molar-refractivity contribution is 14.1. The van der Waals surface area contributed by atoms with Crippen LogP contribution in [0.25, 0.3) is 0 Å². The maximum absolute atomic E-state index is 11.9. The summed E-state index contributed by atoms with van der Waals surface area (Å²) in [4.78, 5) is 23.4. The number of thioether (sulfide) groups is 1. The number of carboxylic acids is 1. The highest BCUT2D eigenvalue weighted by atomic mass is 127. The van der Waals surface area contributed by atoms with Crippen molar-refractivity contribution in [2.24, 2.45) is 0 Å². The molecule has 0 unspecified atom stereocenters. The van der Waals surface area contributed by atoms with Crippen molar-refractivity contribution in [3.8, 4) is 0 Å². The number of hydrogen-bond acceptors (Lipinski definition) is 4. The molecular weight excluding hydrogens is 420 g/mol. The van der Waals surface area contributed by atoms with Gasteiger partial charge in [0.15, 0.2) is 0 Å². The predicted molar refractivity (Wildman–Crippen MR) is 94.3 cm³/mol. The van der Waals surface area contributed by atoms with Gasteiger partial charge in [-0.25, -0.2) is 25.1 Å². The van der Waals surface area contributed by atoms with Crippen molar-refractivity contribution < 1.29 is 19.4 Å². The van der Waals surface area contributed by atoms with Gasteiger partial charge in [-0.1, -0.05) is 30.3 Å². The van der Waals surface area contributed by atoms with E-state index in [0.717, 1.165) is 5.56 Å². The number of halogens is 1. The molecule has 21 heavy (non-hydrogen) atoms. The van der Waals surface area contributed by atoms with Crippen molar-refractivity contribution in [2.45, 2.75) is 17.4 Å². The lowest BCUT2D eigenvalue weighted by atomic mass is 10.2. The Labute approximate surface area is 145 Å². The van der Waals surface area contributed by atoms with Crippen molar-refractivity contribution in [1.82, 2.24) is 5.32 Å². The Bertz CT molecular complexity index is 476. The van der Waals surface area contributed by atoms with Gasteiger partial charge in [-0.15, -0.1) is 0 Å². The third-order valence-electron chi connectivity index (χ3n) is 2.92. The molecule has 0 aliphatic heterocycles. The van der Waals surface area contributed by atoms with Gasteiger partial charge in [-0.3, -0.25) is 4.79 Å². The number of carboxylic acid groups (broad SMARTS) is 1. The quantitative estimate of drug-likeness (QED) is 0.482. The molecule has 0 aliphatic carbocycles. The van der Waals surface area contributed by atoms with Crippen LogP contribution in [0.3, 0.4) is 0 Å². The summed E-state index contributed by atoms with van der Waals surface area (Å²) in [6, 6.07) is 9.28. The lowest BCUT2D eigenvalue weighted by Gasteiger charge is -2.27. The molecule has 1 aromatic rings. The van der Waals surface area contributed by atoms with Gasteiger partial charge in [-0.05, 0) is 24.0 Å². The first-order valence-corrected chi connectivity index (χ1v) is 13.5. The molecule has 0 heterocycles. The van der Waals surface area contributed by atoms with Crippen molar-refractivity contribution in [3.05, 3.63) is 35.9 Å². The van der Waals surface area contributed by atoms with E-state index in [1.807, 2.05) is 36.6 Å². The fraction of sp³-hybridized carbons (Fsp3) is 0.385. The van der Waals surface area contributed by atoms with Crippen LogP contribution in [0.1, 0.15) is 12.0 Å². The van der Waals surface area contributed by atoms with Gasteiger partial charge in [0.05, 0.1) is 4.40 Å². The number of nitrogens with one attached hydrogen (secondary N) is 1. The third-order valence-corrected chi connectivity index (χ3v) is 8.73. The van der Waals surface area contributed by atoms with Crippen LogP contribution in [0.2, 0.25) is 0 Å². The van der Waals surface area contributed by atoms with E-state index in [1.54, 1.807) is 11.8 Å². The Morgan fingerprint density at radius 1 is 1.43 bits per heavy atom. The Morgan fingerprint density at radius 3 is 2.62 bits per heavy atom. The van der Waals surface area contributed by atoms with Crippen molar-refractivity contribution >= 4 is 56.0 Å². The summed E-state index contributed by atoms with van der Waals surface area (Å²) in [6.07, 6.45) is 1.65. The zero-order chi connectivity index (χ0) is 15.7. The minimum Gasteiger partial charge on any atom is -0.480 e. The third kappa shape index (κ3) is 6.06. The van der Waals surface area contributed by atoms with Crippen LogP contribution in [0, 0.1) is 0 Å². The number of amides is 1. The van der Waals surface area contributed by atoms with Crippen molar-refractivity contribution in [3.63, 3.8) is 0 Å². The van der Waals surface area contributed by atoms with Gasteiger partial charge in [0.2, 0.25) is 0 Å². The largest absolute Gasteiger partial charge is 0.480 e. The number of rotatable bonds is 8. The molecule has 0 saturated carbocycles. The van der Waals surface area contributed by atoms with Crippen LogP contribution >= 0.6 is 32.0 Å². The van der Waals surface area contributed by atoms with E-state index in [1.165, 1.54) is 0 Å². The van der Waals surface area contributed by atoms with Crippen LogP contribution in [0.5, 0.6) is 0 Å². The van der Waals surface area contributed by atoms with Crippen LogP contribution in [-0.4, -0.2) is 45.5 Å². The zero-order valence-corrected chi connectivity index (χ0v) is 16.1. The maximum atomic E-state index is 11.9. The minimum atomic E-state index is -1.14. The molecule has 0 spiro atoms. The highest BCUT2D eigenvalue weighted by Gasteiger charge is 2.40. The van der Waals surface area contributed by atoms with E-state index in [2.05, 4.69) is 25.6 Å². The summed E-state index contributed by atoms with van der Waals surface area (Å²) < 4.78 is 3.97. The van der Waals surface area contributed by atoms with Crippen LogP contribution < -0.4 is 5.32 Å². The average Bonchev–Trinajstić information content (AvgIpc) is 2.50. The topological polar surface area (TPSA) is 75.6 Å². The lowest BCUT2D eigenvalue weighted by molar-refractivity contribution is -0.141. The van der Waals surface area contributed by atoms with Gasteiger partial charge in [0.25, 0.3) is 0 Å². The number of carbonyl (C=O) groups excluding carboxylic acids is 1. The Hall–Kier alpha value is -0.428. The van der Waals surface area contributed by atoms with E-state index < -0.39 is 28.4 Å².